The summed E-state index contributed by atoms with van der Waals surface area (Å²) >= 11 is 12.2. The predicted molar refractivity (Wildman–Crippen MR) is 99.7 cm³/mol. The van der Waals surface area contributed by atoms with E-state index in [0.717, 1.165) is 16.3 Å². The molecular weight excluding hydrogens is 359 g/mol. The van der Waals surface area contributed by atoms with Crippen molar-refractivity contribution in [3.05, 3.63) is 64.4 Å². The van der Waals surface area contributed by atoms with Crippen LogP contribution in [-0.4, -0.2) is 17.5 Å². The Morgan fingerprint density at radius 1 is 1.16 bits per heavy atom. The van der Waals surface area contributed by atoms with Gasteiger partial charge in [0, 0.05) is 28.6 Å². The summed E-state index contributed by atoms with van der Waals surface area (Å²) in [5, 5.41) is 5.75. The summed E-state index contributed by atoms with van der Waals surface area (Å²) < 4.78 is 5.62. The molecule has 0 fully saturated rings. The van der Waals surface area contributed by atoms with Crippen LogP contribution in [0.4, 0.5) is 5.69 Å². The van der Waals surface area contributed by atoms with Crippen LogP contribution in [0.15, 0.2) is 48.8 Å². The highest BCUT2D eigenvalue weighted by Gasteiger charge is 2.29. The molecule has 1 aliphatic heterocycles. The second-order valence-corrected chi connectivity index (χ2v) is 6.71. The number of pyridine rings is 1. The third-order valence-electron chi connectivity index (χ3n) is 4.33. The van der Waals surface area contributed by atoms with Crippen molar-refractivity contribution < 1.29 is 9.53 Å². The standard InChI is InChI=1S/C19H14Cl2N2O2/c20-15-7-14-13(5-6-25-18(14)8-16(15)21)19(24)23-17-10-22-9-11-3-1-2-4-12(11)17/h1-4,7-10,13H,5-6H2,(H,23,24). The molecule has 0 spiro atoms. The molecule has 1 amide bonds. The van der Waals surface area contributed by atoms with E-state index in [-0.39, 0.29) is 11.8 Å². The van der Waals surface area contributed by atoms with Gasteiger partial charge in [-0.2, -0.15) is 0 Å². The fourth-order valence-electron chi connectivity index (χ4n) is 3.09. The molecule has 3 aromatic rings. The molecule has 0 radical (unpaired) electrons. The zero-order valence-corrected chi connectivity index (χ0v) is 14.6. The van der Waals surface area contributed by atoms with Crippen LogP contribution in [0.25, 0.3) is 10.8 Å². The second-order valence-electron chi connectivity index (χ2n) is 5.89. The van der Waals surface area contributed by atoms with Crippen LogP contribution in [0.2, 0.25) is 10.0 Å². The minimum atomic E-state index is -0.350. The largest absolute Gasteiger partial charge is 0.493 e. The number of anilines is 1. The lowest BCUT2D eigenvalue weighted by Gasteiger charge is -2.26. The number of amides is 1. The number of rotatable bonds is 2. The first-order valence-corrected chi connectivity index (χ1v) is 8.64. The van der Waals surface area contributed by atoms with Crippen LogP contribution in [0.1, 0.15) is 17.9 Å². The number of hydrogen-bond acceptors (Lipinski definition) is 3. The number of carbonyl (C=O) groups excluding carboxylic acids is 1. The van der Waals surface area contributed by atoms with Crippen molar-refractivity contribution in [2.75, 3.05) is 11.9 Å². The monoisotopic (exact) mass is 372 g/mol. The smallest absolute Gasteiger partial charge is 0.232 e. The van der Waals surface area contributed by atoms with Crippen molar-refractivity contribution in [1.82, 2.24) is 4.98 Å². The Labute approximate surface area is 154 Å². The maximum atomic E-state index is 12.9. The molecule has 1 unspecified atom stereocenters. The first-order valence-electron chi connectivity index (χ1n) is 7.89. The molecule has 0 bridgehead atoms. The van der Waals surface area contributed by atoms with E-state index < -0.39 is 0 Å². The molecule has 2 aromatic carbocycles. The van der Waals surface area contributed by atoms with Gasteiger partial charge in [-0.05, 0) is 12.5 Å². The van der Waals surface area contributed by atoms with Crippen molar-refractivity contribution in [3.8, 4) is 5.75 Å². The Hall–Kier alpha value is -2.30. The topological polar surface area (TPSA) is 51.2 Å². The van der Waals surface area contributed by atoms with Gasteiger partial charge >= 0.3 is 0 Å². The molecule has 1 aliphatic rings. The summed E-state index contributed by atoms with van der Waals surface area (Å²) in [7, 11) is 0. The zero-order chi connectivity index (χ0) is 17.4. The summed E-state index contributed by atoms with van der Waals surface area (Å²) in [4.78, 5) is 17.1. The average Bonchev–Trinajstić information content (AvgIpc) is 2.62. The van der Waals surface area contributed by atoms with E-state index in [0.29, 0.717) is 34.5 Å². The fraction of sp³-hybridized carbons (Fsp3) is 0.158. The third-order valence-corrected chi connectivity index (χ3v) is 5.06. The molecule has 4 nitrogen and oxygen atoms in total. The Morgan fingerprint density at radius 3 is 2.84 bits per heavy atom. The molecule has 4 rings (SSSR count). The summed E-state index contributed by atoms with van der Waals surface area (Å²) in [6.07, 6.45) is 4.01. The van der Waals surface area contributed by atoms with Crippen molar-refractivity contribution in [2.45, 2.75) is 12.3 Å². The average molecular weight is 373 g/mol. The summed E-state index contributed by atoms with van der Waals surface area (Å²) in [5.74, 6) is 0.149. The lowest BCUT2D eigenvalue weighted by atomic mass is 9.92. The maximum Gasteiger partial charge on any atom is 0.232 e. The molecular formula is C19H14Cl2N2O2. The summed E-state index contributed by atoms with van der Waals surface area (Å²) in [6.45, 7) is 0.455. The number of hydrogen-bond donors (Lipinski definition) is 1. The molecule has 25 heavy (non-hydrogen) atoms. The lowest BCUT2D eigenvalue weighted by molar-refractivity contribution is -0.118. The number of benzene rings is 2. The minimum absolute atomic E-state index is 0.110. The van der Waals surface area contributed by atoms with Gasteiger partial charge in [0.1, 0.15) is 5.75 Å². The van der Waals surface area contributed by atoms with Gasteiger partial charge in [-0.3, -0.25) is 9.78 Å². The second kappa shape index (κ2) is 6.54. The number of aromatic nitrogens is 1. The van der Waals surface area contributed by atoms with E-state index >= 15 is 0 Å². The molecule has 6 heteroatoms. The van der Waals surface area contributed by atoms with Gasteiger partial charge in [-0.15, -0.1) is 0 Å². The van der Waals surface area contributed by atoms with E-state index in [1.54, 1.807) is 24.5 Å². The Balaban J connectivity index is 1.67. The van der Waals surface area contributed by atoms with Gasteiger partial charge in [0.2, 0.25) is 5.91 Å². The van der Waals surface area contributed by atoms with Gasteiger partial charge in [0.05, 0.1) is 34.5 Å². The van der Waals surface area contributed by atoms with E-state index in [2.05, 4.69) is 10.3 Å². The third kappa shape index (κ3) is 3.03. The molecule has 2 heterocycles. The highest BCUT2D eigenvalue weighted by molar-refractivity contribution is 6.42. The molecule has 0 aliphatic carbocycles. The zero-order valence-electron chi connectivity index (χ0n) is 13.1. The molecule has 1 N–H and O–H groups in total. The Bertz CT molecular complexity index is 970. The number of nitrogens with one attached hydrogen (secondary N) is 1. The van der Waals surface area contributed by atoms with Crippen molar-refractivity contribution in [3.63, 3.8) is 0 Å². The lowest BCUT2D eigenvalue weighted by Crippen LogP contribution is -2.26. The first-order chi connectivity index (χ1) is 12.1. The van der Waals surface area contributed by atoms with Crippen LogP contribution >= 0.6 is 23.2 Å². The normalized spacial score (nSPS) is 16.2. The number of nitrogens with zero attached hydrogens (tertiary/aromatic N) is 1. The van der Waals surface area contributed by atoms with Crippen LogP contribution < -0.4 is 10.1 Å². The number of fused-ring (bicyclic) bond motifs is 2. The highest BCUT2D eigenvalue weighted by Crippen LogP contribution is 2.39. The van der Waals surface area contributed by atoms with Gasteiger partial charge in [0.15, 0.2) is 0 Å². The van der Waals surface area contributed by atoms with Crippen molar-refractivity contribution in [1.29, 1.82) is 0 Å². The van der Waals surface area contributed by atoms with Crippen LogP contribution in [-0.2, 0) is 4.79 Å². The SMILES string of the molecule is O=C(Nc1cncc2ccccc12)C1CCOc2cc(Cl)c(Cl)cc21. The molecule has 0 saturated heterocycles. The van der Waals surface area contributed by atoms with Gasteiger partial charge in [-0.1, -0.05) is 47.5 Å². The number of carbonyl (C=O) groups is 1. The van der Waals surface area contributed by atoms with E-state index in [4.69, 9.17) is 27.9 Å². The van der Waals surface area contributed by atoms with E-state index in [1.165, 1.54) is 0 Å². The van der Waals surface area contributed by atoms with Gasteiger partial charge in [-0.25, -0.2) is 0 Å². The highest BCUT2D eigenvalue weighted by atomic mass is 35.5. The number of ether oxygens (including phenoxy) is 1. The van der Waals surface area contributed by atoms with Crippen LogP contribution in [0.3, 0.4) is 0 Å². The Kier molecular flexibility index (Phi) is 4.24. The van der Waals surface area contributed by atoms with E-state index in [1.807, 2.05) is 24.3 Å². The Morgan fingerprint density at radius 2 is 1.96 bits per heavy atom. The van der Waals surface area contributed by atoms with Crippen LogP contribution in [0, 0.1) is 0 Å². The predicted octanol–water partition coefficient (Wildman–Crippen LogP) is 5.05. The van der Waals surface area contributed by atoms with Crippen LogP contribution in [0.5, 0.6) is 5.75 Å². The van der Waals surface area contributed by atoms with Crippen molar-refractivity contribution >= 4 is 45.6 Å². The molecule has 1 aromatic heterocycles. The van der Waals surface area contributed by atoms with E-state index in [9.17, 15) is 4.79 Å². The van der Waals surface area contributed by atoms with Gasteiger partial charge in [0.25, 0.3) is 0 Å². The molecule has 0 saturated carbocycles. The summed E-state index contributed by atoms with van der Waals surface area (Å²) in [5.41, 5.74) is 1.45. The summed E-state index contributed by atoms with van der Waals surface area (Å²) in [6, 6.07) is 11.2. The molecule has 1 atom stereocenters. The minimum Gasteiger partial charge on any atom is -0.493 e. The first kappa shape index (κ1) is 16.2. The quantitative estimate of drug-likeness (QED) is 0.684. The number of halogens is 2. The van der Waals surface area contributed by atoms with Crippen molar-refractivity contribution in [2.24, 2.45) is 0 Å². The van der Waals surface area contributed by atoms with Gasteiger partial charge < -0.3 is 10.1 Å². The fourth-order valence-corrected chi connectivity index (χ4v) is 3.42. The molecule has 126 valence electrons. The maximum absolute atomic E-state index is 12.9.